The van der Waals surface area contributed by atoms with Crippen molar-refractivity contribution in [2.24, 2.45) is 10.5 Å². The van der Waals surface area contributed by atoms with Crippen molar-refractivity contribution in [3.8, 4) is 0 Å². The summed E-state index contributed by atoms with van der Waals surface area (Å²) in [5.41, 5.74) is 4.63. The lowest BCUT2D eigenvalue weighted by Crippen LogP contribution is -2.25. The van der Waals surface area contributed by atoms with Crippen molar-refractivity contribution < 1.29 is 14.3 Å². The molecule has 2 aromatic rings. The van der Waals surface area contributed by atoms with Crippen LogP contribution in [0.15, 0.2) is 77.5 Å². The number of ketones is 1. The van der Waals surface area contributed by atoms with Crippen LogP contribution in [0.5, 0.6) is 0 Å². The number of rotatable bonds is 9. The van der Waals surface area contributed by atoms with Crippen LogP contribution in [-0.4, -0.2) is 24.1 Å². The predicted octanol–water partition coefficient (Wildman–Crippen LogP) is 4.87. The molecule has 0 saturated heterocycles. The smallest absolute Gasteiger partial charge is 0.356 e. The number of carbonyl (C=O) groups is 2. The minimum Gasteiger partial charge on any atom is -0.461 e. The normalized spacial score (nSPS) is 11.5. The average molecular weight is 407 g/mol. The molecule has 0 radical (unpaired) electrons. The maximum Gasteiger partial charge on any atom is 0.356 e. The van der Waals surface area contributed by atoms with Crippen LogP contribution in [0.4, 0.5) is 0 Å². The van der Waals surface area contributed by atoms with Gasteiger partial charge in [0.15, 0.2) is 5.78 Å². The number of hydrogen-bond donors (Lipinski definition) is 1. The first-order valence-electron chi connectivity index (χ1n) is 10.2. The Labute approximate surface area is 178 Å². The fraction of sp³-hybridized carbons (Fsp3) is 0.320. The molecule has 0 atom stereocenters. The number of nitrogens with zero attached hydrogens (tertiary/aromatic N) is 1. The summed E-state index contributed by atoms with van der Waals surface area (Å²) >= 11 is 0. The third-order valence-electron chi connectivity index (χ3n) is 4.35. The molecule has 0 fully saturated rings. The number of ether oxygens (including phenoxy) is 1. The van der Waals surface area contributed by atoms with Crippen molar-refractivity contribution in [1.29, 1.82) is 0 Å². The average Bonchev–Trinajstić information content (AvgIpc) is 2.74. The molecule has 0 amide bonds. The number of unbranched alkanes of at least 4 members (excludes halogenated alkanes) is 1. The van der Waals surface area contributed by atoms with Gasteiger partial charge in [-0.15, -0.1) is 0 Å². The van der Waals surface area contributed by atoms with E-state index in [4.69, 9.17) is 4.74 Å². The molecule has 1 N–H and O–H groups in total. The lowest BCUT2D eigenvalue weighted by molar-refractivity contribution is -0.140. The monoisotopic (exact) mass is 406 g/mol. The van der Waals surface area contributed by atoms with Gasteiger partial charge in [-0.1, -0.05) is 94.8 Å². The van der Waals surface area contributed by atoms with Crippen molar-refractivity contribution in [3.63, 3.8) is 0 Å². The second-order valence-electron chi connectivity index (χ2n) is 7.97. The molecule has 0 heterocycles. The summed E-state index contributed by atoms with van der Waals surface area (Å²) in [5, 5.41) is 4.49. The molecule has 0 aromatic heterocycles. The van der Waals surface area contributed by atoms with E-state index in [9.17, 15) is 9.59 Å². The van der Waals surface area contributed by atoms with Gasteiger partial charge in [-0.25, -0.2) is 4.79 Å². The molecule has 0 aliphatic carbocycles. The Kier molecular flexibility index (Phi) is 8.54. The van der Waals surface area contributed by atoms with E-state index in [0.29, 0.717) is 12.3 Å². The zero-order valence-corrected chi connectivity index (χ0v) is 18.1. The van der Waals surface area contributed by atoms with Crippen molar-refractivity contribution in [3.05, 3.63) is 83.6 Å². The number of benzene rings is 2. The van der Waals surface area contributed by atoms with E-state index in [1.807, 2.05) is 67.6 Å². The molecule has 158 valence electrons. The molecule has 0 unspecified atom stereocenters. The highest BCUT2D eigenvalue weighted by molar-refractivity contribution is 6.13. The minimum absolute atomic E-state index is 0.0235. The summed E-state index contributed by atoms with van der Waals surface area (Å²) in [7, 11) is 0. The summed E-state index contributed by atoms with van der Waals surface area (Å²) < 4.78 is 5.31. The van der Waals surface area contributed by atoms with Crippen LogP contribution in [-0.2, 0) is 14.3 Å². The summed E-state index contributed by atoms with van der Waals surface area (Å²) in [6.45, 7) is 7.71. The van der Waals surface area contributed by atoms with E-state index in [2.05, 4.69) is 10.5 Å². The number of esters is 1. The molecular weight excluding hydrogens is 376 g/mol. The molecular formula is C25H30N2O3. The molecule has 2 rings (SSSR count). The van der Waals surface area contributed by atoms with Gasteiger partial charge in [0.25, 0.3) is 0 Å². The Hall–Kier alpha value is -3.21. The van der Waals surface area contributed by atoms with Crippen LogP contribution >= 0.6 is 0 Å². The highest BCUT2D eigenvalue weighted by atomic mass is 16.5. The molecule has 0 bridgehead atoms. The van der Waals surface area contributed by atoms with Crippen molar-refractivity contribution in [2.75, 3.05) is 6.61 Å². The van der Waals surface area contributed by atoms with Crippen LogP contribution < -0.4 is 5.43 Å². The fourth-order valence-electron chi connectivity index (χ4n) is 2.48. The second kappa shape index (κ2) is 11.1. The SMILES string of the molecule is CCCCOC(=O)C(=CC(=O)C(C)(C)C)NN=C(c1ccccc1)c1ccccc1. The van der Waals surface area contributed by atoms with Gasteiger partial charge < -0.3 is 4.74 Å². The van der Waals surface area contributed by atoms with Crippen molar-refractivity contribution >= 4 is 17.5 Å². The van der Waals surface area contributed by atoms with Crippen molar-refractivity contribution in [2.45, 2.75) is 40.5 Å². The van der Waals surface area contributed by atoms with Crippen LogP contribution in [0, 0.1) is 5.41 Å². The maximum absolute atomic E-state index is 12.6. The van der Waals surface area contributed by atoms with Gasteiger partial charge in [-0.3, -0.25) is 10.2 Å². The molecule has 30 heavy (non-hydrogen) atoms. The fourth-order valence-corrected chi connectivity index (χ4v) is 2.48. The Bertz CT molecular complexity index is 853. The third kappa shape index (κ3) is 6.99. The molecule has 2 aromatic carbocycles. The van der Waals surface area contributed by atoms with E-state index in [0.717, 1.165) is 24.0 Å². The summed E-state index contributed by atoms with van der Waals surface area (Å²) in [4.78, 5) is 25.1. The Morgan fingerprint density at radius 2 is 1.50 bits per heavy atom. The van der Waals surface area contributed by atoms with Gasteiger partial charge >= 0.3 is 5.97 Å². The molecule has 5 nitrogen and oxygen atoms in total. The van der Waals surface area contributed by atoms with Gasteiger partial charge in [0.1, 0.15) is 5.70 Å². The van der Waals surface area contributed by atoms with E-state index in [-0.39, 0.29) is 11.5 Å². The van der Waals surface area contributed by atoms with E-state index in [1.165, 1.54) is 6.08 Å². The Morgan fingerprint density at radius 1 is 0.967 bits per heavy atom. The van der Waals surface area contributed by atoms with Crippen molar-refractivity contribution in [1.82, 2.24) is 5.43 Å². The molecule has 5 heteroatoms. The minimum atomic E-state index is -0.623. The van der Waals surface area contributed by atoms with Crippen LogP contribution in [0.3, 0.4) is 0 Å². The molecule has 0 spiro atoms. The zero-order chi connectivity index (χ0) is 22.0. The first-order valence-corrected chi connectivity index (χ1v) is 10.2. The first kappa shape index (κ1) is 23.1. The van der Waals surface area contributed by atoms with Crippen LogP contribution in [0.2, 0.25) is 0 Å². The second-order valence-corrected chi connectivity index (χ2v) is 7.97. The van der Waals surface area contributed by atoms with Crippen LogP contribution in [0.1, 0.15) is 51.7 Å². The van der Waals surface area contributed by atoms with Gasteiger partial charge in [0.2, 0.25) is 0 Å². The van der Waals surface area contributed by atoms with Crippen LogP contribution in [0.25, 0.3) is 0 Å². The van der Waals surface area contributed by atoms with E-state index in [1.54, 1.807) is 20.8 Å². The van der Waals surface area contributed by atoms with Gasteiger partial charge in [-0.2, -0.15) is 5.10 Å². The summed E-state index contributed by atoms with van der Waals surface area (Å²) in [6, 6.07) is 19.3. The highest BCUT2D eigenvalue weighted by Crippen LogP contribution is 2.17. The lowest BCUT2D eigenvalue weighted by Gasteiger charge is -2.15. The van der Waals surface area contributed by atoms with E-state index >= 15 is 0 Å². The molecule has 0 saturated carbocycles. The number of nitrogens with one attached hydrogen (secondary N) is 1. The summed E-state index contributed by atoms with van der Waals surface area (Å²) in [6.07, 6.45) is 2.95. The van der Waals surface area contributed by atoms with E-state index < -0.39 is 11.4 Å². The topological polar surface area (TPSA) is 67.8 Å². The Balaban J connectivity index is 2.39. The molecule has 0 aliphatic rings. The maximum atomic E-state index is 12.6. The lowest BCUT2D eigenvalue weighted by atomic mass is 9.90. The largest absolute Gasteiger partial charge is 0.461 e. The van der Waals surface area contributed by atoms with Gasteiger partial charge in [0, 0.05) is 22.6 Å². The zero-order valence-electron chi connectivity index (χ0n) is 18.1. The van der Waals surface area contributed by atoms with Gasteiger partial charge in [-0.05, 0) is 6.42 Å². The standard InChI is InChI=1S/C25H30N2O3/c1-5-6-17-30-24(29)21(18-22(28)25(2,3)4)26-27-23(19-13-9-7-10-14-19)20-15-11-8-12-16-20/h7-16,18,26H,5-6,17H2,1-4H3. The Morgan fingerprint density at radius 3 is 1.97 bits per heavy atom. The predicted molar refractivity (Wildman–Crippen MR) is 120 cm³/mol. The van der Waals surface area contributed by atoms with Gasteiger partial charge in [0.05, 0.1) is 12.3 Å². The number of carbonyl (C=O) groups excluding carboxylic acids is 2. The number of hydrazone groups is 1. The highest BCUT2D eigenvalue weighted by Gasteiger charge is 2.22. The quantitative estimate of drug-likeness (QED) is 0.212. The first-order chi connectivity index (χ1) is 14.3. The number of hydrogen-bond acceptors (Lipinski definition) is 5. The third-order valence-corrected chi connectivity index (χ3v) is 4.35. The number of allylic oxidation sites excluding steroid dienone is 1. The summed E-state index contributed by atoms with van der Waals surface area (Å²) in [5.74, 6) is -0.779. The molecule has 0 aliphatic heterocycles.